The van der Waals surface area contributed by atoms with E-state index in [0.29, 0.717) is 41.5 Å². The molecule has 2 aliphatic rings. The minimum Gasteiger partial charge on any atom is -0.478 e. The van der Waals surface area contributed by atoms with Crippen LogP contribution in [0.1, 0.15) is 46.3 Å². The molecule has 1 aromatic heterocycles. The van der Waals surface area contributed by atoms with Gasteiger partial charge in [0.2, 0.25) is 5.88 Å². The van der Waals surface area contributed by atoms with Gasteiger partial charge in [0, 0.05) is 48.4 Å². The Bertz CT molecular complexity index is 1260. The van der Waals surface area contributed by atoms with Crippen LogP contribution in [-0.4, -0.2) is 45.7 Å². The number of fused-ring (bicyclic) bond motifs is 2. The summed E-state index contributed by atoms with van der Waals surface area (Å²) in [5, 5.41) is 21.5. The highest BCUT2D eigenvalue weighted by Crippen LogP contribution is 2.39. The predicted molar refractivity (Wildman–Crippen MR) is 135 cm³/mol. The van der Waals surface area contributed by atoms with E-state index in [9.17, 15) is 15.0 Å². The normalized spacial score (nSPS) is 18.3. The van der Waals surface area contributed by atoms with Crippen molar-refractivity contribution in [3.8, 4) is 11.6 Å². The van der Waals surface area contributed by atoms with E-state index in [4.69, 9.17) is 16.3 Å². The number of hydrogen-bond donors (Lipinski definition) is 2. The zero-order chi connectivity index (χ0) is 24.4. The van der Waals surface area contributed by atoms with Crippen molar-refractivity contribution in [2.24, 2.45) is 0 Å². The van der Waals surface area contributed by atoms with Crippen molar-refractivity contribution in [3.05, 3.63) is 94.1 Å². The van der Waals surface area contributed by atoms with Gasteiger partial charge in [-0.15, -0.1) is 0 Å². The first-order chi connectivity index (χ1) is 16.9. The SMILES string of the molecule is O=C(O)c1cccc2c1C/C(=C/CCN1CCC(O)(c3ccc(Cl)cc3)CC1)c1cccnc1O2. The molecule has 0 saturated carbocycles. The fourth-order valence-electron chi connectivity index (χ4n) is 4.95. The molecule has 2 aliphatic heterocycles. The summed E-state index contributed by atoms with van der Waals surface area (Å²) in [6.45, 7) is 2.45. The maximum absolute atomic E-state index is 11.8. The summed E-state index contributed by atoms with van der Waals surface area (Å²) in [4.78, 5) is 18.6. The van der Waals surface area contributed by atoms with E-state index in [0.717, 1.165) is 42.8 Å². The largest absolute Gasteiger partial charge is 0.478 e. The Morgan fingerprint density at radius 3 is 2.63 bits per heavy atom. The van der Waals surface area contributed by atoms with Crippen molar-refractivity contribution in [2.45, 2.75) is 31.3 Å². The molecule has 1 saturated heterocycles. The second-order valence-electron chi connectivity index (χ2n) is 9.12. The molecule has 35 heavy (non-hydrogen) atoms. The molecule has 1 fully saturated rings. The van der Waals surface area contributed by atoms with Crippen LogP contribution in [0.25, 0.3) is 5.57 Å². The van der Waals surface area contributed by atoms with E-state index in [-0.39, 0.29) is 5.56 Å². The van der Waals surface area contributed by atoms with Gasteiger partial charge >= 0.3 is 5.97 Å². The smallest absolute Gasteiger partial charge is 0.336 e. The lowest BCUT2D eigenvalue weighted by Crippen LogP contribution is -2.42. The number of benzene rings is 2. The van der Waals surface area contributed by atoms with Crippen molar-refractivity contribution in [1.82, 2.24) is 9.88 Å². The highest BCUT2D eigenvalue weighted by molar-refractivity contribution is 6.30. The van der Waals surface area contributed by atoms with Gasteiger partial charge in [-0.25, -0.2) is 9.78 Å². The first kappa shape index (κ1) is 23.5. The van der Waals surface area contributed by atoms with Crippen LogP contribution >= 0.6 is 11.6 Å². The highest BCUT2D eigenvalue weighted by atomic mass is 35.5. The number of aliphatic hydroxyl groups is 1. The Kier molecular flexibility index (Phi) is 6.60. The summed E-state index contributed by atoms with van der Waals surface area (Å²) in [6.07, 6.45) is 6.44. The van der Waals surface area contributed by atoms with Crippen LogP contribution in [0, 0.1) is 0 Å². The minimum absolute atomic E-state index is 0.249. The lowest BCUT2D eigenvalue weighted by atomic mass is 9.84. The number of allylic oxidation sites excluding steroid dienone is 1. The lowest BCUT2D eigenvalue weighted by molar-refractivity contribution is -0.0254. The number of carboxylic acids is 1. The summed E-state index contributed by atoms with van der Waals surface area (Å²) in [6, 6.07) is 16.4. The molecule has 7 heteroatoms. The average Bonchev–Trinajstić information content (AvgIpc) is 3.02. The number of ether oxygens (including phenoxy) is 1. The number of likely N-dealkylation sites (tertiary alicyclic amines) is 1. The molecule has 0 aliphatic carbocycles. The van der Waals surface area contributed by atoms with E-state index >= 15 is 0 Å². The van der Waals surface area contributed by atoms with E-state index in [2.05, 4.69) is 16.0 Å². The number of halogens is 1. The lowest BCUT2D eigenvalue weighted by Gasteiger charge is -2.38. The van der Waals surface area contributed by atoms with E-state index in [1.165, 1.54) is 0 Å². The molecule has 180 valence electrons. The zero-order valence-electron chi connectivity index (χ0n) is 19.3. The molecule has 0 radical (unpaired) electrons. The molecule has 0 atom stereocenters. The van der Waals surface area contributed by atoms with Crippen LogP contribution in [0.2, 0.25) is 5.02 Å². The third-order valence-electron chi connectivity index (χ3n) is 6.96. The van der Waals surface area contributed by atoms with Crippen LogP contribution in [0.15, 0.2) is 66.9 Å². The van der Waals surface area contributed by atoms with Crippen LogP contribution < -0.4 is 4.74 Å². The molecule has 0 bridgehead atoms. The van der Waals surface area contributed by atoms with Gasteiger partial charge in [-0.2, -0.15) is 0 Å². The molecule has 5 rings (SSSR count). The van der Waals surface area contributed by atoms with Crippen molar-refractivity contribution in [3.63, 3.8) is 0 Å². The fourth-order valence-corrected chi connectivity index (χ4v) is 5.08. The summed E-state index contributed by atoms with van der Waals surface area (Å²) in [5.41, 5.74) is 2.90. The van der Waals surface area contributed by atoms with Crippen LogP contribution in [0.5, 0.6) is 11.6 Å². The number of aromatic nitrogens is 1. The Hall–Kier alpha value is -3.19. The Labute approximate surface area is 209 Å². The Morgan fingerprint density at radius 2 is 1.89 bits per heavy atom. The molecule has 0 spiro atoms. The molecule has 3 heterocycles. The third kappa shape index (κ3) is 4.96. The first-order valence-corrected chi connectivity index (χ1v) is 12.2. The van der Waals surface area contributed by atoms with Gasteiger partial charge in [-0.3, -0.25) is 0 Å². The topological polar surface area (TPSA) is 82.9 Å². The molecule has 0 amide bonds. The monoisotopic (exact) mass is 490 g/mol. The Morgan fingerprint density at radius 1 is 1.11 bits per heavy atom. The van der Waals surface area contributed by atoms with Crippen molar-refractivity contribution >= 4 is 23.1 Å². The zero-order valence-corrected chi connectivity index (χ0v) is 20.0. The van der Waals surface area contributed by atoms with E-state index < -0.39 is 11.6 Å². The number of hydrogen-bond acceptors (Lipinski definition) is 5. The van der Waals surface area contributed by atoms with Gasteiger partial charge in [0.15, 0.2) is 0 Å². The maximum atomic E-state index is 11.8. The number of pyridine rings is 1. The van der Waals surface area contributed by atoms with E-state index in [1.54, 1.807) is 24.4 Å². The van der Waals surface area contributed by atoms with Gasteiger partial charge in [-0.05, 0) is 66.8 Å². The predicted octanol–water partition coefficient (Wildman–Crippen LogP) is 5.54. The summed E-state index contributed by atoms with van der Waals surface area (Å²) in [5.74, 6) is 0.0574. The Balaban J connectivity index is 1.30. The molecular formula is C28H27ClN2O4. The third-order valence-corrected chi connectivity index (χ3v) is 7.21. The van der Waals surface area contributed by atoms with Gasteiger partial charge in [0.25, 0.3) is 0 Å². The van der Waals surface area contributed by atoms with Gasteiger partial charge in [0.05, 0.1) is 11.2 Å². The maximum Gasteiger partial charge on any atom is 0.336 e. The van der Waals surface area contributed by atoms with Crippen LogP contribution in [0.3, 0.4) is 0 Å². The van der Waals surface area contributed by atoms with Gasteiger partial charge < -0.3 is 19.8 Å². The molecule has 6 nitrogen and oxygen atoms in total. The van der Waals surface area contributed by atoms with Gasteiger partial charge in [0.1, 0.15) is 5.75 Å². The van der Waals surface area contributed by atoms with Gasteiger partial charge in [-0.1, -0.05) is 35.9 Å². The van der Waals surface area contributed by atoms with Crippen molar-refractivity contribution in [1.29, 1.82) is 0 Å². The second-order valence-corrected chi connectivity index (χ2v) is 9.56. The molecular weight excluding hydrogens is 464 g/mol. The second kappa shape index (κ2) is 9.82. The van der Waals surface area contributed by atoms with Crippen molar-refractivity contribution in [2.75, 3.05) is 19.6 Å². The quantitative estimate of drug-likeness (QED) is 0.488. The number of rotatable bonds is 5. The minimum atomic E-state index is -0.967. The van der Waals surface area contributed by atoms with Crippen LogP contribution in [-0.2, 0) is 12.0 Å². The summed E-state index contributed by atoms with van der Waals surface area (Å²) >= 11 is 6.00. The number of nitrogens with zero attached hydrogens (tertiary/aromatic N) is 2. The number of carbonyl (C=O) groups is 1. The number of aromatic carboxylic acids is 1. The molecule has 2 aromatic carbocycles. The van der Waals surface area contributed by atoms with Crippen LogP contribution in [0.4, 0.5) is 0 Å². The molecule has 2 N–H and O–H groups in total. The standard InChI is InChI=1S/C28H27ClN2O4/c29-21-10-8-20(9-11-21)28(34)12-16-31(17-13-28)15-3-4-19-18-24-23(27(32)33)5-1-7-25(24)35-26-22(19)6-2-14-30-26/h1-2,4-11,14,34H,3,12-13,15-18H2,(H,32,33)/b19-4-. The summed E-state index contributed by atoms with van der Waals surface area (Å²) < 4.78 is 6.03. The fraction of sp³-hybridized carbons (Fsp3) is 0.286. The summed E-state index contributed by atoms with van der Waals surface area (Å²) in [7, 11) is 0. The number of piperidine rings is 1. The first-order valence-electron chi connectivity index (χ1n) is 11.8. The molecule has 3 aromatic rings. The molecule has 0 unspecified atom stereocenters. The number of carboxylic acid groups (broad SMARTS) is 1. The van der Waals surface area contributed by atoms with E-state index in [1.807, 2.05) is 36.4 Å². The van der Waals surface area contributed by atoms with Crippen molar-refractivity contribution < 1.29 is 19.7 Å². The highest BCUT2D eigenvalue weighted by Gasteiger charge is 2.33. The average molecular weight is 491 g/mol.